The SMILES string of the molecule is Cc1cccc(C)c1NC(=O)CN1CCCN(C(=O)Cc2csc3ccc(Cl)cc23)CC1. The first-order valence-electron chi connectivity index (χ1n) is 10.9. The minimum Gasteiger partial charge on any atom is -0.341 e. The summed E-state index contributed by atoms with van der Waals surface area (Å²) in [6.07, 6.45) is 1.24. The van der Waals surface area contributed by atoms with E-state index in [0.717, 1.165) is 52.0 Å². The van der Waals surface area contributed by atoms with Crippen LogP contribution in [0.5, 0.6) is 0 Å². The molecule has 2 amide bonds. The van der Waals surface area contributed by atoms with Crippen molar-refractivity contribution in [1.29, 1.82) is 0 Å². The van der Waals surface area contributed by atoms with Crippen LogP contribution in [0.1, 0.15) is 23.1 Å². The second-order valence-corrected chi connectivity index (χ2v) is 9.75. The molecule has 7 heteroatoms. The molecule has 1 aliphatic heterocycles. The number of carbonyl (C=O) groups is 2. The lowest BCUT2D eigenvalue weighted by atomic mass is 10.1. The molecule has 1 N–H and O–H groups in total. The van der Waals surface area contributed by atoms with Crippen LogP contribution in [0.15, 0.2) is 41.8 Å². The van der Waals surface area contributed by atoms with E-state index in [1.54, 1.807) is 11.3 Å². The summed E-state index contributed by atoms with van der Waals surface area (Å²) in [4.78, 5) is 29.7. The summed E-state index contributed by atoms with van der Waals surface area (Å²) in [7, 11) is 0. The maximum atomic E-state index is 13.0. The third kappa shape index (κ3) is 5.31. The number of thiophene rings is 1. The Morgan fingerprint density at radius 3 is 2.62 bits per heavy atom. The highest BCUT2D eigenvalue weighted by molar-refractivity contribution is 7.17. The predicted molar refractivity (Wildman–Crippen MR) is 133 cm³/mol. The molecule has 4 rings (SSSR count). The summed E-state index contributed by atoms with van der Waals surface area (Å²) in [5.41, 5.74) is 4.06. The molecule has 0 radical (unpaired) electrons. The first kappa shape index (κ1) is 22.8. The molecule has 1 fully saturated rings. The molecule has 5 nitrogen and oxygen atoms in total. The quantitative estimate of drug-likeness (QED) is 0.579. The number of nitrogens with zero attached hydrogens (tertiary/aromatic N) is 2. The van der Waals surface area contributed by atoms with Crippen LogP contribution in [0, 0.1) is 13.8 Å². The predicted octanol–water partition coefficient (Wildman–Crippen LogP) is 4.89. The van der Waals surface area contributed by atoms with Crippen LogP contribution in [0.25, 0.3) is 10.1 Å². The summed E-state index contributed by atoms with van der Waals surface area (Å²) in [6, 6.07) is 11.8. The van der Waals surface area contributed by atoms with Crippen molar-refractivity contribution >= 4 is 50.5 Å². The maximum Gasteiger partial charge on any atom is 0.238 e. The van der Waals surface area contributed by atoms with Crippen LogP contribution < -0.4 is 5.32 Å². The van der Waals surface area contributed by atoms with Crippen LogP contribution in [0.4, 0.5) is 5.69 Å². The summed E-state index contributed by atoms with van der Waals surface area (Å²) < 4.78 is 1.15. The number of anilines is 1. The molecule has 2 aromatic carbocycles. The van der Waals surface area contributed by atoms with Crippen molar-refractivity contribution < 1.29 is 9.59 Å². The Labute approximate surface area is 198 Å². The number of nitrogens with one attached hydrogen (secondary N) is 1. The van der Waals surface area contributed by atoms with Crippen molar-refractivity contribution in [3.63, 3.8) is 0 Å². The van der Waals surface area contributed by atoms with E-state index < -0.39 is 0 Å². The molecule has 1 aromatic heterocycles. The van der Waals surface area contributed by atoms with Crippen molar-refractivity contribution in [2.75, 3.05) is 38.0 Å². The third-order valence-electron chi connectivity index (χ3n) is 6.01. The Morgan fingerprint density at radius 2 is 1.84 bits per heavy atom. The van der Waals surface area contributed by atoms with Gasteiger partial charge in [0.15, 0.2) is 0 Å². The lowest BCUT2D eigenvalue weighted by molar-refractivity contribution is -0.130. The number of carbonyl (C=O) groups excluding carboxylic acids is 2. The molecule has 2 heterocycles. The zero-order valence-electron chi connectivity index (χ0n) is 18.5. The summed E-state index contributed by atoms with van der Waals surface area (Å²) in [5, 5.41) is 6.87. The molecule has 0 unspecified atom stereocenters. The molecule has 0 spiro atoms. The van der Waals surface area contributed by atoms with Gasteiger partial charge in [0.25, 0.3) is 0 Å². The average Bonchev–Trinajstić information content (AvgIpc) is 2.99. The highest BCUT2D eigenvalue weighted by Gasteiger charge is 2.22. The number of para-hydroxylation sites is 1. The second kappa shape index (κ2) is 10.0. The van der Waals surface area contributed by atoms with Crippen LogP contribution in [-0.4, -0.2) is 54.3 Å². The van der Waals surface area contributed by atoms with Crippen molar-refractivity contribution in [2.24, 2.45) is 0 Å². The number of amides is 2. The van der Waals surface area contributed by atoms with Gasteiger partial charge in [-0.1, -0.05) is 29.8 Å². The third-order valence-corrected chi connectivity index (χ3v) is 7.26. The Kier molecular flexibility index (Phi) is 7.13. The number of hydrogen-bond donors (Lipinski definition) is 1. The normalized spacial score (nSPS) is 15.0. The number of benzene rings is 2. The monoisotopic (exact) mass is 469 g/mol. The van der Waals surface area contributed by atoms with Gasteiger partial charge in [-0.3, -0.25) is 14.5 Å². The topological polar surface area (TPSA) is 52.7 Å². The van der Waals surface area contributed by atoms with Gasteiger partial charge < -0.3 is 10.2 Å². The van der Waals surface area contributed by atoms with Crippen molar-refractivity contribution in [1.82, 2.24) is 9.80 Å². The fraction of sp³-hybridized carbons (Fsp3) is 0.360. The van der Waals surface area contributed by atoms with E-state index in [9.17, 15) is 9.59 Å². The van der Waals surface area contributed by atoms with Gasteiger partial charge in [0, 0.05) is 41.6 Å². The largest absolute Gasteiger partial charge is 0.341 e. The van der Waals surface area contributed by atoms with Gasteiger partial charge in [0.1, 0.15) is 0 Å². The fourth-order valence-corrected chi connectivity index (χ4v) is 5.35. The zero-order chi connectivity index (χ0) is 22.7. The molecule has 32 heavy (non-hydrogen) atoms. The molecule has 168 valence electrons. The molecular weight excluding hydrogens is 442 g/mol. The van der Waals surface area contributed by atoms with Crippen LogP contribution in [-0.2, 0) is 16.0 Å². The van der Waals surface area contributed by atoms with Gasteiger partial charge >= 0.3 is 0 Å². The lowest BCUT2D eigenvalue weighted by Gasteiger charge is -2.22. The van der Waals surface area contributed by atoms with Gasteiger partial charge in [-0.2, -0.15) is 0 Å². The zero-order valence-corrected chi connectivity index (χ0v) is 20.1. The van der Waals surface area contributed by atoms with Crippen LogP contribution in [0.2, 0.25) is 5.02 Å². The van der Waals surface area contributed by atoms with E-state index in [1.165, 1.54) is 0 Å². The molecular formula is C25H28ClN3O2S. The molecule has 0 saturated carbocycles. The van der Waals surface area contributed by atoms with Crippen LogP contribution in [0.3, 0.4) is 0 Å². The van der Waals surface area contributed by atoms with Gasteiger partial charge in [-0.05, 0) is 65.9 Å². The first-order valence-corrected chi connectivity index (χ1v) is 12.2. The maximum absolute atomic E-state index is 13.0. The lowest BCUT2D eigenvalue weighted by Crippen LogP contribution is -2.38. The summed E-state index contributed by atoms with van der Waals surface area (Å²) >= 11 is 7.79. The number of halogens is 1. The molecule has 0 aliphatic carbocycles. The van der Waals surface area contributed by atoms with E-state index in [1.807, 2.05) is 55.1 Å². The number of rotatable bonds is 5. The molecule has 0 bridgehead atoms. The Hall–Kier alpha value is -2.41. The second-order valence-electron chi connectivity index (χ2n) is 8.40. The average molecular weight is 470 g/mol. The standard InChI is InChI=1S/C25H28ClN3O2S/c1-17-5-3-6-18(2)25(17)27-23(30)15-28-9-4-10-29(12-11-28)24(31)13-19-16-32-22-8-7-20(26)14-21(19)22/h3,5-8,14,16H,4,9-13,15H2,1-2H3,(H,27,30). The van der Waals surface area contributed by atoms with Gasteiger partial charge in [0.05, 0.1) is 13.0 Å². The minimum atomic E-state index is -0.0104. The van der Waals surface area contributed by atoms with E-state index in [-0.39, 0.29) is 11.8 Å². The minimum absolute atomic E-state index is 0.0104. The van der Waals surface area contributed by atoms with E-state index in [0.29, 0.717) is 31.1 Å². The molecule has 1 saturated heterocycles. The Balaban J connectivity index is 1.33. The fourth-order valence-electron chi connectivity index (χ4n) is 4.24. The Bertz CT molecular complexity index is 1120. The van der Waals surface area contributed by atoms with Crippen LogP contribution >= 0.6 is 22.9 Å². The number of fused-ring (bicyclic) bond motifs is 1. The molecule has 0 atom stereocenters. The summed E-state index contributed by atoms with van der Waals surface area (Å²) in [5.74, 6) is 0.121. The van der Waals surface area contributed by atoms with Crippen molar-refractivity contribution in [3.8, 4) is 0 Å². The van der Waals surface area contributed by atoms with E-state index in [2.05, 4.69) is 15.6 Å². The van der Waals surface area contributed by atoms with Crippen molar-refractivity contribution in [2.45, 2.75) is 26.7 Å². The smallest absolute Gasteiger partial charge is 0.238 e. The van der Waals surface area contributed by atoms with Crippen molar-refractivity contribution in [3.05, 3.63) is 63.5 Å². The van der Waals surface area contributed by atoms with Gasteiger partial charge in [-0.25, -0.2) is 0 Å². The highest BCUT2D eigenvalue weighted by Crippen LogP contribution is 2.29. The van der Waals surface area contributed by atoms with E-state index in [4.69, 9.17) is 11.6 Å². The highest BCUT2D eigenvalue weighted by atomic mass is 35.5. The van der Waals surface area contributed by atoms with E-state index >= 15 is 0 Å². The molecule has 1 aliphatic rings. The first-order chi connectivity index (χ1) is 15.4. The molecule has 3 aromatic rings. The Morgan fingerprint density at radius 1 is 1.06 bits per heavy atom. The number of aryl methyl sites for hydroxylation is 2. The number of hydrogen-bond acceptors (Lipinski definition) is 4. The summed E-state index contributed by atoms with van der Waals surface area (Å²) in [6.45, 7) is 7.20. The van der Waals surface area contributed by atoms with Gasteiger partial charge in [-0.15, -0.1) is 11.3 Å². The van der Waals surface area contributed by atoms with Gasteiger partial charge in [0.2, 0.25) is 11.8 Å².